The topological polar surface area (TPSA) is 58.2 Å². The first kappa shape index (κ1) is 14.3. The molecule has 0 aromatic heterocycles. The molecule has 112 valence electrons. The summed E-state index contributed by atoms with van der Waals surface area (Å²) < 4.78 is 0. The van der Waals surface area contributed by atoms with Gasteiger partial charge in [-0.05, 0) is 41.3 Å². The Hall–Kier alpha value is -2.62. The van der Waals surface area contributed by atoms with Gasteiger partial charge in [0.15, 0.2) is 0 Å². The zero-order chi connectivity index (χ0) is 15.5. The third kappa shape index (κ3) is 2.86. The van der Waals surface area contributed by atoms with Gasteiger partial charge in [0.1, 0.15) is 0 Å². The second-order valence-electron chi connectivity index (χ2n) is 5.43. The van der Waals surface area contributed by atoms with Gasteiger partial charge in [-0.15, -0.1) is 0 Å². The van der Waals surface area contributed by atoms with Crippen LogP contribution in [0.5, 0.6) is 0 Å². The van der Waals surface area contributed by atoms with Crippen LogP contribution in [0.15, 0.2) is 42.5 Å². The first-order chi connectivity index (χ1) is 10.7. The maximum atomic E-state index is 11.7. The number of fused-ring (bicyclic) bond motifs is 1. The van der Waals surface area contributed by atoms with Crippen molar-refractivity contribution in [2.45, 2.75) is 26.3 Å². The van der Waals surface area contributed by atoms with Crippen LogP contribution < -0.4 is 10.6 Å². The van der Waals surface area contributed by atoms with Crippen LogP contribution >= 0.6 is 0 Å². The van der Waals surface area contributed by atoms with Gasteiger partial charge in [-0.3, -0.25) is 9.59 Å². The van der Waals surface area contributed by atoms with Gasteiger partial charge in [0.05, 0.1) is 0 Å². The van der Waals surface area contributed by atoms with Crippen molar-refractivity contribution in [2.24, 2.45) is 0 Å². The molecule has 1 heterocycles. The molecule has 0 saturated heterocycles. The molecule has 2 amide bonds. The molecule has 0 fully saturated rings. The fourth-order valence-electron chi connectivity index (χ4n) is 2.59. The van der Waals surface area contributed by atoms with Gasteiger partial charge in [0.2, 0.25) is 5.91 Å². The summed E-state index contributed by atoms with van der Waals surface area (Å²) in [5.41, 5.74) is 4.61. The summed E-state index contributed by atoms with van der Waals surface area (Å²) >= 11 is 0. The second kappa shape index (κ2) is 6.02. The molecule has 0 radical (unpaired) electrons. The number of benzene rings is 2. The fourth-order valence-corrected chi connectivity index (χ4v) is 2.59. The molecular weight excluding hydrogens is 276 g/mol. The van der Waals surface area contributed by atoms with E-state index in [-0.39, 0.29) is 11.8 Å². The molecule has 0 saturated carbocycles. The predicted molar refractivity (Wildman–Crippen MR) is 86.6 cm³/mol. The van der Waals surface area contributed by atoms with Crippen molar-refractivity contribution in [1.29, 1.82) is 0 Å². The second-order valence-corrected chi connectivity index (χ2v) is 5.43. The first-order valence-electron chi connectivity index (χ1n) is 7.49. The lowest BCUT2D eigenvalue weighted by Crippen LogP contribution is -2.12. The summed E-state index contributed by atoms with van der Waals surface area (Å²) in [5, 5.41) is 5.69. The summed E-state index contributed by atoms with van der Waals surface area (Å²) in [4.78, 5) is 23.3. The van der Waals surface area contributed by atoms with E-state index in [9.17, 15) is 9.59 Å². The van der Waals surface area contributed by atoms with Crippen molar-refractivity contribution >= 4 is 17.5 Å². The van der Waals surface area contributed by atoms with Crippen LogP contribution in [0.3, 0.4) is 0 Å². The monoisotopic (exact) mass is 294 g/mol. The van der Waals surface area contributed by atoms with E-state index in [1.54, 1.807) is 0 Å². The smallest absolute Gasteiger partial charge is 0.251 e. The van der Waals surface area contributed by atoms with Crippen molar-refractivity contribution in [2.75, 3.05) is 5.32 Å². The van der Waals surface area contributed by atoms with Crippen molar-refractivity contribution in [1.82, 2.24) is 5.32 Å². The van der Waals surface area contributed by atoms with Crippen LogP contribution in [0.25, 0.3) is 11.1 Å². The summed E-state index contributed by atoms with van der Waals surface area (Å²) in [6, 6.07) is 13.6. The number of carbonyl (C=O) groups is 2. The Kier molecular flexibility index (Phi) is 3.92. The van der Waals surface area contributed by atoms with Gasteiger partial charge in [-0.2, -0.15) is 0 Å². The van der Waals surface area contributed by atoms with Crippen LogP contribution in [0, 0.1) is 0 Å². The molecule has 2 aromatic carbocycles. The van der Waals surface area contributed by atoms with Crippen LogP contribution in [-0.2, 0) is 11.3 Å². The molecule has 0 bridgehead atoms. The Labute approximate surface area is 129 Å². The number of carbonyl (C=O) groups excluding carboxylic acids is 2. The highest BCUT2D eigenvalue weighted by molar-refractivity contribution is 5.99. The molecule has 2 N–H and O–H groups in total. The van der Waals surface area contributed by atoms with Gasteiger partial charge in [0.25, 0.3) is 5.91 Å². The Morgan fingerprint density at radius 3 is 2.59 bits per heavy atom. The molecule has 4 heteroatoms. The Morgan fingerprint density at radius 2 is 1.86 bits per heavy atom. The number of anilines is 1. The van der Waals surface area contributed by atoms with Gasteiger partial charge in [-0.1, -0.05) is 31.2 Å². The molecule has 2 aromatic rings. The SMILES string of the molecule is CCCC(=O)Nc1ccc(-c2ccc3c(c2)C(=O)NC3)cc1. The van der Waals surface area contributed by atoms with Crippen molar-refractivity contribution in [3.05, 3.63) is 53.6 Å². The number of hydrogen-bond acceptors (Lipinski definition) is 2. The Morgan fingerprint density at radius 1 is 1.14 bits per heavy atom. The molecule has 1 aliphatic rings. The Bertz CT molecular complexity index is 720. The van der Waals surface area contributed by atoms with E-state index in [1.165, 1.54) is 0 Å². The lowest BCUT2D eigenvalue weighted by atomic mass is 10.00. The van der Waals surface area contributed by atoms with E-state index in [0.29, 0.717) is 13.0 Å². The third-order valence-corrected chi connectivity index (χ3v) is 3.77. The zero-order valence-corrected chi connectivity index (χ0v) is 12.5. The fraction of sp³-hybridized carbons (Fsp3) is 0.222. The molecule has 0 unspecified atom stereocenters. The minimum atomic E-state index is -0.0136. The van der Waals surface area contributed by atoms with Crippen LogP contribution in [-0.4, -0.2) is 11.8 Å². The first-order valence-corrected chi connectivity index (χ1v) is 7.49. The molecule has 4 nitrogen and oxygen atoms in total. The van der Waals surface area contributed by atoms with Crippen LogP contribution in [0.2, 0.25) is 0 Å². The molecule has 3 rings (SSSR count). The average Bonchev–Trinajstić information content (AvgIpc) is 2.89. The normalized spacial score (nSPS) is 12.7. The molecule has 1 aliphatic heterocycles. The van der Waals surface area contributed by atoms with E-state index in [0.717, 1.165) is 34.4 Å². The van der Waals surface area contributed by atoms with Crippen molar-refractivity contribution in [3.63, 3.8) is 0 Å². The largest absolute Gasteiger partial charge is 0.348 e. The highest BCUT2D eigenvalue weighted by Crippen LogP contribution is 2.26. The van der Waals surface area contributed by atoms with E-state index >= 15 is 0 Å². The maximum Gasteiger partial charge on any atom is 0.251 e. The molecule has 0 aliphatic carbocycles. The van der Waals surface area contributed by atoms with Gasteiger partial charge < -0.3 is 10.6 Å². The minimum Gasteiger partial charge on any atom is -0.348 e. The lowest BCUT2D eigenvalue weighted by molar-refractivity contribution is -0.116. The average molecular weight is 294 g/mol. The summed E-state index contributed by atoms with van der Waals surface area (Å²) in [5.74, 6) is 0.0183. The number of amides is 2. The number of rotatable bonds is 4. The van der Waals surface area contributed by atoms with E-state index in [2.05, 4.69) is 10.6 Å². The standard InChI is InChI=1S/C18H18N2O2/c1-2-3-17(21)20-15-8-6-12(7-9-15)13-4-5-14-11-19-18(22)16(14)10-13/h4-10H,2-3,11H2,1H3,(H,19,22)(H,20,21). The lowest BCUT2D eigenvalue weighted by Gasteiger charge is -2.07. The van der Waals surface area contributed by atoms with Crippen molar-refractivity contribution < 1.29 is 9.59 Å². The maximum absolute atomic E-state index is 11.7. The summed E-state index contributed by atoms with van der Waals surface area (Å²) in [6.07, 6.45) is 1.36. The van der Waals surface area contributed by atoms with E-state index in [1.807, 2.05) is 49.4 Å². The molecular formula is C18H18N2O2. The summed E-state index contributed by atoms with van der Waals surface area (Å²) in [7, 11) is 0. The molecule has 22 heavy (non-hydrogen) atoms. The quantitative estimate of drug-likeness (QED) is 0.908. The van der Waals surface area contributed by atoms with Gasteiger partial charge in [0, 0.05) is 24.2 Å². The zero-order valence-electron chi connectivity index (χ0n) is 12.5. The van der Waals surface area contributed by atoms with Gasteiger partial charge in [-0.25, -0.2) is 0 Å². The van der Waals surface area contributed by atoms with Crippen LogP contribution in [0.4, 0.5) is 5.69 Å². The Balaban J connectivity index is 1.80. The highest BCUT2D eigenvalue weighted by Gasteiger charge is 2.18. The van der Waals surface area contributed by atoms with E-state index in [4.69, 9.17) is 0 Å². The predicted octanol–water partition coefficient (Wildman–Crippen LogP) is 3.34. The number of hydrogen-bond donors (Lipinski definition) is 2. The summed E-state index contributed by atoms with van der Waals surface area (Å²) in [6.45, 7) is 2.59. The number of nitrogens with one attached hydrogen (secondary N) is 2. The molecule has 0 atom stereocenters. The molecule has 0 spiro atoms. The third-order valence-electron chi connectivity index (χ3n) is 3.77. The van der Waals surface area contributed by atoms with Gasteiger partial charge >= 0.3 is 0 Å². The highest BCUT2D eigenvalue weighted by atomic mass is 16.2. The van der Waals surface area contributed by atoms with Crippen LogP contribution in [0.1, 0.15) is 35.7 Å². The minimum absolute atomic E-state index is 0.0136. The van der Waals surface area contributed by atoms with E-state index < -0.39 is 0 Å². The van der Waals surface area contributed by atoms with Crippen molar-refractivity contribution in [3.8, 4) is 11.1 Å².